The lowest BCUT2D eigenvalue weighted by Crippen LogP contribution is -2.06. The molecular formula is C11H9IO3. The van der Waals surface area contributed by atoms with Crippen molar-refractivity contribution >= 4 is 33.6 Å². The van der Waals surface area contributed by atoms with E-state index in [2.05, 4.69) is 0 Å². The summed E-state index contributed by atoms with van der Waals surface area (Å²) in [5.41, 5.74) is 1.63. The van der Waals surface area contributed by atoms with Crippen LogP contribution in [-0.2, 0) is 0 Å². The predicted molar refractivity (Wildman–Crippen MR) is 66.3 cm³/mol. The van der Waals surface area contributed by atoms with E-state index in [9.17, 15) is 9.90 Å². The quantitative estimate of drug-likeness (QED) is 0.600. The number of benzene rings is 1. The Bertz CT molecular complexity index is 599. The summed E-state index contributed by atoms with van der Waals surface area (Å²) >= 11 is 1.97. The first-order chi connectivity index (χ1) is 7.02. The van der Waals surface area contributed by atoms with Gasteiger partial charge < -0.3 is 9.52 Å². The molecule has 0 bridgehead atoms. The molecule has 0 atom stereocenters. The highest BCUT2D eigenvalue weighted by molar-refractivity contribution is 14.1. The molecule has 2 aromatic rings. The van der Waals surface area contributed by atoms with Crippen molar-refractivity contribution in [3.63, 3.8) is 0 Å². The summed E-state index contributed by atoms with van der Waals surface area (Å²) in [6, 6.07) is 3.37. The highest BCUT2D eigenvalue weighted by atomic mass is 127. The number of halogens is 1. The topological polar surface area (TPSA) is 50.4 Å². The number of aromatic hydroxyl groups is 1. The maximum Gasteiger partial charge on any atom is 0.339 e. The van der Waals surface area contributed by atoms with E-state index < -0.39 is 0 Å². The van der Waals surface area contributed by atoms with E-state index in [1.54, 1.807) is 19.1 Å². The summed E-state index contributed by atoms with van der Waals surface area (Å²) in [4.78, 5) is 11.5. The van der Waals surface area contributed by atoms with Crippen LogP contribution in [0.1, 0.15) is 11.1 Å². The van der Waals surface area contributed by atoms with Crippen LogP contribution in [0.5, 0.6) is 5.75 Å². The number of hydrogen-bond acceptors (Lipinski definition) is 3. The number of rotatable bonds is 0. The van der Waals surface area contributed by atoms with Gasteiger partial charge in [-0.25, -0.2) is 4.79 Å². The van der Waals surface area contributed by atoms with Crippen LogP contribution in [0.25, 0.3) is 11.0 Å². The SMILES string of the molecule is Cc1c(C)c2ccc(O)c(I)c2oc1=O. The van der Waals surface area contributed by atoms with Crippen LogP contribution in [0.3, 0.4) is 0 Å². The van der Waals surface area contributed by atoms with Crippen LogP contribution >= 0.6 is 22.6 Å². The molecule has 1 aromatic heterocycles. The van der Waals surface area contributed by atoms with Crippen molar-refractivity contribution in [3.05, 3.63) is 37.2 Å². The summed E-state index contributed by atoms with van der Waals surface area (Å²) in [6.07, 6.45) is 0. The molecule has 1 heterocycles. The van der Waals surface area contributed by atoms with E-state index >= 15 is 0 Å². The second-order valence-electron chi connectivity index (χ2n) is 3.41. The van der Waals surface area contributed by atoms with Gasteiger partial charge in [-0.1, -0.05) is 0 Å². The fourth-order valence-electron chi connectivity index (χ4n) is 1.47. The molecule has 4 heteroatoms. The van der Waals surface area contributed by atoms with Gasteiger partial charge in [0.2, 0.25) is 0 Å². The van der Waals surface area contributed by atoms with Gasteiger partial charge in [-0.2, -0.15) is 0 Å². The third kappa shape index (κ3) is 1.52. The number of phenols is 1. The van der Waals surface area contributed by atoms with Crippen LogP contribution in [0, 0.1) is 17.4 Å². The first-order valence-electron chi connectivity index (χ1n) is 4.44. The second-order valence-corrected chi connectivity index (χ2v) is 4.49. The molecule has 0 amide bonds. The molecule has 0 aliphatic carbocycles. The Labute approximate surface area is 99.9 Å². The molecule has 0 radical (unpaired) electrons. The van der Waals surface area contributed by atoms with E-state index in [0.29, 0.717) is 14.7 Å². The molecule has 0 fully saturated rings. The van der Waals surface area contributed by atoms with Crippen LogP contribution < -0.4 is 5.63 Å². The van der Waals surface area contributed by atoms with Gasteiger partial charge >= 0.3 is 5.63 Å². The summed E-state index contributed by atoms with van der Waals surface area (Å²) in [5, 5.41) is 10.4. The lowest BCUT2D eigenvalue weighted by atomic mass is 10.1. The van der Waals surface area contributed by atoms with Gasteiger partial charge in [-0.05, 0) is 54.1 Å². The molecule has 0 spiro atoms. The Morgan fingerprint density at radius 3 is 2.60 bits per heavy atom. The highest BCUT2D eigenvalue weighted by Crippen LogP contribution is 2.29. The highest BCUT2D eigenvalue weighted by Gasteiger charge is 2.12. The molecule has 0 aliphatic rings. The molecule has 0 aliphatic heterocycles. The Morgan fingerprint density at radius 2 is 1.93 bits per heavy atom. The van der Waals surface area contributed by atoms with Gasteiger partial charge in [-0.15, -0.1) is 0 Å². The van der Waals surface area contributed by atoms with Gasteiger partial charge in [0.15, 0.2) is 5.58 Å². The number of phenolic OH excluding ortho intramolecular Hbond substituents is 1. The predicted octanol–water partition coefficient (Wildman–Crippen LogP) is 2.72. The lowest BCUT2D eigenvalue weighted by Gasteiger charge is -2.06. The number of hydrogen-bond donors (Lipinski definition) is 1. The van der Waals surface area contributed by atoms with E-state index in [0.717, 1.165) is 10.9 Å². The third-order valence-electron chi connectivity index (χ3n) is 2.54. The van der Waals surface area contributed by atoms with Gasteiger partial charge in [0.1, 0.15) is 5.75 Å². The maximum absolute atomic E-state index is 11.5. The van der Waals surface area contributed by atoms with Crippen LogP contribution in [0.4, 0.5) is 0 Å². The minimum Gasteiger partial charge on any atom is -0.507 e. The molecule has 3 nitrogen and oxygen atoms in total. The molecule has 15 heavy (non-hydrogen) atoms. The average molecular weight is 316 g/mol. The van der Waals surface area contributed by atoms with Crippen molar-refractivity contribution < 1.29 is 9.52 Å². The van der Waals surface area contributed by atoms with Crippen molar-refractivity contribution in [3.8, 4) is 5.75 Å². The van der Waals surface area contributed by atoms with Crippen LogP contribution in [0.2, 0.25) is 0 Å². The molecule has 1 aromatic carbocycles. The van der Waals surface area contributed by atoms with Gasteiger partial charge in [0.05, 0.1) is 3.57 Å². The molecule has 1 N–H and O–H groups in total. The Morgan fingerprint density at radius 1 is 1.27 bits per heavy atom. The Balaban J connectivity index is 3.05. The molecule has 0 unspecified atom stereocenters. The standard InChI is InChI=1S/C11H9IO3/c1-5-6(2)11(14)15-10-7(5)3-4-8(13)9(10)12/h3-4,13H,1-2H3. The summed E-state index contributed by atoms with van der Waals surface area (Å²) in [6.45, 7) is 3.61. The minimum atomic E-state index is -0.344. The maximum atomic E-state index is 11.5. The molecule has 0 saturated heterocycles. The van der Waals surface area contributed by atoms with Gasteiger partial charge in [-0.3, -0.25) is 0 Å². The first-order valence-corrected chi connectivity index (χ1v) is 5.51. The normalized spacial score (nSPS) is 10.9. The van der Waals surface area contributed by atoms with E-state index in [4.69, 9.17) is 4.42 Å². The Kier molecular flexibility index (Phi) is 2.46. The molecule has 2 rings (SSSR count). The van der Waals surface area contributed by atoms with Crippen molar-refractivity contribution in [1.82, 2.24) is 0 Å². The van der Waals surface area contributed by atoms with Gasteiger partial charge in [0, 0.05) is 10.9 Å². The summed E-state index contributed by atoms with van der Waals surface area (Å²) in [7, 11) is 0. The minimum absolute atomic E-state index is 0.134. The fourth-order valence-corrected chi connectivity index (χ4v) is 2.05. The van der Waals surface area contributed by atoms with Crippen molar-refractivity contribution in [1.29, 1.82) is 0 Å². The van der Waals surface area contributed by atoms with Crippen LogP contribution in [0.15, 0.2) is 21.3 Å². The second kappa shape index (κ2) is 3.52. The van der Waals surface area contributed by atoms with E-state index in [-0.39, 0.29) is 11.4 Å². The zero-order valence-corrected chi connectivity index (χ0v) is 10.5. The molecule has 0 saturated carbocycles. The molecular weight excluding hydrogens is 307 g/mol. The number of fused-ring (bicyclic) bond motifs is 1. The van der Waals surface area contributed by atoms with Crippen molar-refractivity contribution in [2.75, 3.05) is 0 Å². The molecule has 78 valence electrons. The summed E-state index contributed by atoms with van der Waals surface area (Å²) in [5.74, 6) is 0.134. The van der Waals surface area contributed by atoms with Crippen molar-refractivity contribution in [2.45, 2.75) is 13.8 Å². The zero-order valence-electron chi connectivity index (χ0n) is 8.30. The van der Waals surface area contributed by atoms with Crippen LogP contribution in [-0.4, -0.2) is 5.11 Å². The summed E-state index contributed by atoms with van der Waals surface area (Å²) < 4.78 is 5.74. The largest absolute Gasteiger partial charge is 0.507 e. The van der Waals surface area contributed by atoms with Crippen molar-refractivity contribution in [2.24, 2.45) is 0 Å². The lowest BCUT2D eigenvalue weighted by molar-refractivity contribution is 0.468. The zero-order chi connectivity index (χ0) is 11.2. The van der Waals surface area contributed by atoms with E-state index in [1.807, 2.05) is 29.5 Å². The fraction of sp³-hybridized carbons (Fsp3) is 0.182. The third-order valence-corrected chi connectivity index (χ3v) is 3.59. The monoisotopic (exact) mass is 316 g/mol. The van der Waals surface area contributed by atoms with E-state index in [1.165, 1.54) is 0 Å². The Hall–Kier alpha value is -1.04. The smallest absolute Gasteiger partial charge is 0.339 e. The number of aryl methyl sites for hydroxylation is 1. The first kappa shape index (κ1) is 10.5. The van der Waals surface area contributed by atoms with Gasteiger partial charge in [0.25, 0.3) is 0 Å². The average Bonchev–Trinajstić information content (AvgIpc) is 2.21.